The predicted octanol–water partition coefficient (Wildman–Crippen LogP) is 4.78. The van der Waals surface area contributed by atoms with Gasteiger partial charge in [0.2, 0.25) is 5.91 Å². The number of carbonyl (C=O) groups is 2. The molecule has 3 amide bonds. The van der Waals surface area contributed by atoms with Crippen LogP contribution in [0.25, 0.3) is 16.8 Å². The van der Waals surface area contributed by atoms with E-state index >= 15 is 0 Å². The Hall–Kier alpha value is -3.60. The van der Waals surface area contributed by atoms with Crippen LogP contribution in [-0.2, 0) is 4.79 Å². The molecule has 0 aliphatic heterocycles. The van der Waals surface area contributed by atoms with Gasteiger partial charge in [-0.15, -0.1) is 0 Å². The van der Waals surface area contributed by atoms with Crippen LogP contribution in [-0.4, -0.2) is 18.0 Å². The normalized spacial score (nSPS) is 13.4. The fourth-order valence-electron chi connectivity index (χ4n) is 2.96. The van der Waals surface area contributed by atoms with E-state index in [9.17, 15) is 9.59 Å². The summed E-state index contributed by atoms with van der Waals surface area (Å²) in [6, 6.07) is 21.2. The number of nitrogens with one attached hydrogen (secondary N) is 3. The van der Waals surface area contributed by atoms with Crippen LogP contribution in [0, 0.1) is 0 Å². The van der Waals surface area contributed by atoms with Gasteiger partial charge in [-0.2, -0.15) is 0 Å². The summed E-state index contributed by atoms with van der Waals surface area (Å²) in [6.45, 7) is 0. The first kappa shape index (κ1) is 17.8. The summed E-state index contributed by atoms with van der Waals surface area (Å²) < 4.78 is 0. The Bertz CT molecular complexity index is 1030. The molecule has 3 aromatic carbocycles. The molecule has 3 N–H and O–H groups in total. The molecule has 0 spiro atoms. The lowest BCUT2D eigenvalue weighted by Gasteiger charge is -2.08. The fraction of sp³-hybridized carbons (Fsp3) is 0.130. The van der Waals surface area contributed by atoms with Crippen molar-refractivity contribution in [1.82, 2.24) is 5.32 Å². The van der Waals surface area contributed by atoms with Crippen molar-refractivity contribution in [2.24, 2.45) is 0 Å². The minimum atomic E-state index is -0.208. The number of fused-ring (bicyclic) bond motifs is 1. The maximum absolute atomic E-state index is 12.2. The molecule has 5 nitrogen and oxygen atoms in total. The molecule has 5 heteroatoms. The molecule has 0 unspecified atom stereocenters. The van der Waals surface area contributed by atoms with E-state index in [1.165, 1.54) is 6.08 Å². The van der Waals surface area contributed by atoms with Crippen LogP contribution in [0.5, 0.6) is 0 Å². The van der Waals surface area contributed by atoms with Crippen molar-refractivity contribution in [3.8, 4) is 0 Å². The Kier molecular flexibility index (Phi) is 5.06. The highest BCUT2D eigenvalue weighted by Gasteiger charge is 2.23. The third kappa shape index (κ3) is 4.57. The first-order valence-corrected chi connectivity index (χ1v) is 9.32. The third-order valence-electron chi connectivity index (χ3n) is 4.56. The number of benzene rings is 3. The van der Waals surface area contributed by atoms with Gasteiger partial charge in [0, 0.05) is 23.5 Å². The summed E-state index contributed by atoms with van der Waals surface area (Å²) in [7, 11) is 0. The van der Waals surface area contributed by atoms with Gasteiger partial charge in [-0.05, 0) is 59.5 Å². The summed E-state index contributed by atoms with van der Waals surface area (Å²) in [5.74, 6) is -0.208. The van der Waals surface area contributed by atoms with Crippen molar-refractivity contribution < 1.29 is 9.59 Å². The monoisotopic (exact) mass is 371 g/mol. The first-order valence-electron chi connectivity index (χ1n) is 9.32. The standard InChI is InChI=1S/C23H21N3O2/c27-22(15-8-17-6-3-5-16-4-1-2-7-21(16)17)24-18-9-11-19(12-10-18)25-23(28)26-20-13-14-20/h1-12,15,20H,13-14H2,(H,24,27)(H2,25,26,28)/b15-8+. The van der Waals surface area contributed by atoms with Crippen LogP contribution in [0.1, 0.15) is 18.4 Å². The van der Waals surface area contributed by atoms with Gasteiger partial charge < -0.3 is 16.0 Å². The summed E-state index contributed by atoms with van der Waals surface area (Å²) in [4.78, 5) is 24.0. The van der Waals surface area contributed by atoms with Crippen molar-refractivity contribution in [3.05, 3.63) is 78.4 Å². The van der Waals surface area contributed by atoms with Gasteiger partial charge in [-0.1, -0.05) is 42.5 Å². The van der Waals surface area contributed by atoms with Crippen molar-refractivity contribution in [1.29, 1.82) is 0 Å². The van der Waals surface area contributed by atoms with Crippen LogP contribution >= 0.6 is 0 Å². The Labute approximate surface area is 163 Å². The van der Waals surface area contributed by atoms with Gasteiger partial charge in [0.25, 0.3) is 0 Å². The summed E-state index contributed by atoms with van der Waals surface area (Å²) >= 11 is 0. The van der Waals surface area contributed by atoms with Gasteiger partial charge >= 0.3 is 6.03 Å². The van der Waals surface area contributed by atoms with Crippen LogP contribution in [0.2, 0.25) is 0 Å². The number of carbonyl (C=O) groups excluding carboxylic acids is 2. The average Bonchev–Trinajstić information content (AvgIpc) is 3.51. The maximum Gasteiger partial charge on any atom is 0.319 e. The fourth-order valence-corrected chi connectivity index (χ4v) is 2.96. The van der Waals surface area contributed by atoms with Crippen LogP contribution < -0.4 is 16.0 Å². The Morgan fingerprint density at radius 2 is 1.50 bits per heavy atom. The molecule has 28 heavy (non-hydrogen) atoms. The number of hydrogen-bond donors (Lipinski definition) is 3. The smallest absolute Gasteiger partial charge is 0.319 e. The second-order valence-corrected chi connectivity index (χ2v) is 6.84. The van der Waals surface area contributed by atoms with E-state index in [0.717, 1.165) is 29.2 Å². The number of hydrogen-bond acceptors (Lipinski definition) is 2. The van der Waals surface area contributed by atoms with E-state index in [4.69, 9.17) is 0 Å². The molecule has 0 aromatic heterocycles. The molecule has 0 heterocycles. The highest BCUT2D eigenvalue weighted by molar-refractivity contribution is 6.03. The van der Waals surface area contributed by atoms with Crippen LogP contribution in [0.3, 0.4) is 0 Å². The van der Waals surface area contributed by atoms with E-state index in [1.54, 1.807) is 24.3 Å². The Morgan fingerprint density at radius 3 is 2.25 bits per heavy atom. The van der Waals surface area contributed by atoms with E-state index in [-0.39, 0.29) is 11.9 Å². The van der Waals surface area contributed by atoms with Gasteiger partial charge in [0.05, 0.1) is 0 Å². The number of amides is 3. The molecule has 1 aliphatic carbocycles. The SMILES string of the molecule is O=C(/C=C/c1cccc2ccccc12)Nc1ccc(NC(=O)NC2CC2)cc1. The highest BCUT2D eigenvalue weighted by Crippen LogP contribution is 2.20. The second kappa shape index (κ2) is 7.96. The second-order valence-electron chi connectivity index (χ2n) is 6.84. The van der Waals surface area contributed by atoms with Gasteiger partial charge in [0.1, 0.15) is 0 Å². The molecule has 1 fully saturated rings. The maximum atomic E-state index is 12.2. The molecule has 0 saturated heterocycles. The van der Waals surface area contributed by atoms with Crippen molar-refractivity contribution in [2.75, 3.05) is 10.6 Å². The molecule has 1 saturated carbocycles. The van der Waals surface area contributed by atoms with Gasteiger partial charge in [-0.3, -0.25) is 4.79 Å². The molecule has 0 radical (unpaired) electrons. The highest BCUT2D eigenvalue weighted by atomic mass is 16.2. The summed E-state index contributed by atoms with van der Waals surface area (Å²) in [6.07, 6.45) is 5.43. The predicted molar refractivity (Wildman–Crippen MR) is 113 cm³/mol. The summed E-state index contributed by atoms with van der Waals surface area (Å²) in [5.41, 5.74) is 2.35. The molecule has 3 aromatic rings. The molecule has 0 bridgehead atoms. The molecule has 140 valence electrons. The van der Waals surface area contributed by atoms with E-state index < -0.39 is 0 Å². The van der Waals surface area contributed by atoms with Gasteiger partial charge in [-0.25, -0.2) is 4.79 Å². The Balaban J connectivity index is 1.36. The largest absolute Gasteiger partial charge is 0.335 e. The van der Waals surface area contributed by atoms with Crippen molar-refractivity contribution >= 4 is 40.2 Å². The van der Waals surface area contributed by atoms with Crippen molar-refractivity contribution in [3.63, 3.8) is 0 Å². The minimum absolute atomic E-state index is 0.197. The van der Waals surface area contributed by atoms with Crippen molar-refractivity contribution in [2.45, 2.75) is 18.9 Å². The van der Waals surface area contributed by atoms with E-state index in [2.05, 4.69) is 16.0 Å². The van der Waals surface area contributed by atoms with Gasteiger partial charge in [0.15, 0.2) is 0 Å². The lowest BCUT2D eigenvalue weighted by atomic mass is 10.0. The first-order chi connectivity index (χ1) is 13.7. The quantitative estimate of drug-likeness (QED) is 0.565. The lowest BCUT2D eigenvalue weighted by molar-refractivity contribution is -0.111. The van der Waals surface area contributed by atoms with E-state index in [0.29, 0.717) is 17.4 Å². The zero-order valence-electron chi connectivity index (χ0n) is 15.3. The zero-order chi connectivity index (χ0) is 19.3. The number of anilines is 2. The molecular formula is C23H21N3O2. The zero-order valence-corrected chi connectivity index (χ0v) is 15.3. The Morgan fingerprint density at radius 1 is 0.821 bits per heavy atom. The number of urea groups is 1. The number of rotatable bonds is 5. The molecular weight excluding hydrogens is 350 g/mol. The van der Waals surface area contributed by atoms with Crippen LogP contribution in [0.4, 0.5) is 16.2 Å². The topological polar surface area (TPSA) is 70.2 Å². The third-order valence-corrected chi connectivity index (χ3v) is 4.56. The average molecular weight is 371 g/mol. The molecule has 0 atom stereocenters. The lowest BCUT2D eigenvalue weighted by Crippen LogP contribution is -2.30. The summed E-state index contributed by atoms with van der Waals surface area (Å²) in [5, 5.41) is 10.7. The van der Waals surface area contributed by atoms with Crippen LogP contribution in [0.15, 0.2) is 72.8 Å². The van der Waals surface area contributed by atoms with E-state index in [1.807, 2.05) is 48.5 Å². The molecule has 4 rings (SSSR count). The minimum Gasteiger partial charge on any atom is -0.335 e. The molecule has 1 aliphatic rings.